The van der Waals surface area contributed by atoms with Crippen LogP contribution in [0.2, 0.25) is 5.02 Å². The molecule has 0 spiro atoms. The Morgan fingerprint density at radius 1 is 0.929 bits per heavy atom. The van der Waals surface area contributed by atoms with Gasteiger partial charge in [0.1, 0.15) is 5.75 Å². The van der Waals surface area contributed by atoms with Crippen LogP contribution in [0.25, 0.3) is 21.7 Å². The minimum atomic E-state index is -0.693. The second kappa shape index (κ2) is 7.90. The maximum atomic E-state index is 12.1. The lowest BCUT2D eigenvalue weighted by Crippen LogP contribution is -2.25. The van der Waals surface area contributed by atoms with Crippen LogP contribution in [-0.4, -0.2) is 11.2 Å². The number of ether oxygens (including phenoxy) is 1. The van der Waals surface area contributed by atoms with Crippen LogP contribution < -0.4 is 16.1 Å². The molecule has 0 saturated carbocycles. The third-order valence-electron chi connectivity index (χ3n) is 4.64. The Balaban J connectivity index is 1.41. The lowest BCUT2D eigenvalue weighted by Gasteiger charge is -2.10. The summed E-state index contributed by atoms with van der Waals surface area (Å²) in [7, 11) is 0. The van der Waals surface area contributed by atoms with Crippen LogP contribution in [0.4, 0.5) is 0 Å². The van der Waals surface area contributed by atoms with Gasteiger partial charge < -0.3 is 9.15 Å². The normalized spacial score (nSPS) is 11.2. The molecule has 0 amide bonds. The third-order valence-corrected chi connectivity index (χ3v) is 4.95. The molecule has 0 unspecified atom stereocenters. The average molecular weight is 396 g/mol. The van der Waals surface area contributed by atoms with E-state index in [1.165, 1.54) is 9.95 Å². The molecule has 0 radical (unpaired) electrons. The highest BCUT2D eigenvalue weighted by Crippen LogP contribution is 2.22. The van der Waals surface area contributed by atoms with Crippen LogP contribution in [0.1, 0.15) is 12.8 Å². The maximum Gasteiger partial charge on any atom is 0.422 e. The molecule has 0 aliphatic rings. The van der Waals surface area contributed by atoms with E-state index in [4.69, 9.17) is 20.8 Å². The molecule has 0 aliphatic heterocycles. The summed E-state index contributed by atoms with van der Waals surface area (Å²) in [5.41, 5.74) is -0.251. The van der Waals surface area contributed by atoms with Gasteiger partial charge in [0.05, 0.1) is 22.5 Å². The van der Waals surface area contributed by atoms with Crippen molar-refractivity contribution in [2.75, 3.05) is 6.61 Å². The van der Waals surface area contributed by atoms with E-state index in [-0.39, 0.29) is 0 Å². The fraction of sp³-hybridized carbons (Fsp3) is 0.182. The monoisotopic (exact) mass is 395 g/mol. The number of hydrogen-bond donors (Lipinski definition) is 0. The first kappa shape index (κ1) is 18.3. The molecule has 0 saturated heterocycles. The summed E-state index contributed by atoms with van der Waals surface area (Å²) in [5, 5.41) is 2.96. The first-order valence-electron chi connectivity index (χ1n) is 9.07. The van der Waals surface area contributed by atoms with Crippen molar-refractivity contribution in [3.05, 3.63) is 86.7 Å². The van der Waals surface area contributed by atoms with Crippen LogP contribution in [0.5, 0.6) is 5.75 Å². The number of aryl methyl sites for hydroxylation is 1. The van der Waals surface area contributed by atoms with Crippen molar-refractivity contribution < 1.29 is 9.15 Å². The summed E-state index contributed by atoms with van der Waals surface area (Å²) in [6.07, 6.45) is 1.42. The second-order valence-corrected chi connectivity index (χ2v) is 6.91. The van der Waals surface area contributed by atoms with Crippen molar-refractivity contribution in [2.45, 2.75) is 19.4 Å². The number of para-hydroxylation sites is 1. The van der Waals surface area contributed by atoms with Gasteiger partial charge in [-0.1, -0.05) is 48.0 Å². The molecule has 1 heterocycles. The van der Waals surface area contributed by atoms with Gasteiger partial charge >= 0.3 is 11.4 Å². The highest BCUT2D eigenvalue weighted by Gasteiger charge is 2.12. The summed E-state index contributed by atoms with van der Waals surface area (Å²) in [4.78, 5) is 24.0. The zero-order valence-corrected chi connectivity index (χ0v) is 15.8. The van der Waals surface area contributed by atoms with E-state index in [0.717, 1.165) is 17.6 Å². The lowest BCUT2D eigenvalue weighted by atomic mass is 10.1. The number of halogens is 1. The fourth-order valence-electron chi connectivity index (χ4n) is 3.26. The molecule has 28 heavy (non-hydrogen) atoms. The van der Waals surface area contributed by atoms with Gasteiger partial charge in [0.2, 0.25) is 0 Å². The molecular weight excluding hydrogens is 378 g/mol. The van der Waals surface area contributed by atoms with Gasteiger partial charge in [-0.2, -0.15) is 0 Å². The summed E-state index contributed by atoms with van der Waals surface area (Å²) >= 11 is 6.21. The molecule has 1 aromatic heterocycles. The highest BCUT2D eigenvalue weighted by molar-refractivity contribution is 6.35. The minimum Gasteiger partial charge on any atom is -0.494 e. The molecule has 0 N–H and O–H groups in total. The van der Waals surface area contributed by atoms with Crippen LogP contribution in [-0.2, 0) is 6.54 Å². The predicted octanol–water partition coefficient (Wildman–Crippen LogP) is 4.62. The van der Waals surface area contributed by atoms with Gasteiger partial charge in [-0.15, -0.1) is 0 Å². The number of benzene rings is 3. The van der Waals surface area contributed by atoms with Gasteiger partial charge in [0, 0.05) is 6.54 Å². The second-order valence-electron chi connectivity index (χ2n) is 6.51. The molecule has 5 nitrogen and oxygen atoms in total. The van der Waals surface area contributed by atoms with Gasteiger partial charge in [0.25, 0.3) is 0 Å². The van der Waals surface area contributed by atoms with Crippen LogP contribution in [0.3, 0.4) is 0 Å². The van der Waals surface area contributed by atoms with Crippen LogP contribution in [0, 0.1) is 0 Å². The first-order valence-corrected chi connectivity index (χ1v) is 9.45. The van der Waals surface area contributed by atoms with Crippen molar-refractivity contribution in [3.63, 3.8) is 0 Å². The van der Waals surface area contributed by atoms with Gasteiger partial charge in [-0.25, -0.2) is 9.59 Å². The number of hydrogen-bond acceptors (Lipinski definition) is 4. The van der Waals surface area contributed by atoms with Crippen molar-refractivity contribution in [1.29, 1.82) is 0 Å². The Morgan fingerprint density at radius 2 is 1.75 bits per heavy atom. The fourth-order valence-corrected chi connectivity index (χ4v) is 3.53. The number of unbranched alkanes of at least 4 members (excludes halogenated alkanes) is 1. The van der Waals surface area contributed by atoms with E-state index in [1.54, 1.807) is 18.2 Å². The van der Waals surface area contributed by atoms with Gasteiger partial charge in [-0.3, -0.25) is 4.57 Å². The molecule has 0 fully saturated rings. The molecular formula is C22H18ClNO4. The smallest absolute Gasteiger partial charge is 0.422 e. The van der Waals surface area contributed by atoms with Crippen molar-refractivity contribution in [3.8, 4) is 5.75 Å². The summed E-state index contributed by atoms with van der Waals surface area (Å²) in [6.45, 7) is 0.916. The largest absolute Gasteiger partial charge is 0.494 e. The quantitative estimate of drug-likeness (QED) is 0.447. The summed E-state index contributed by atoms with van der Waals surface area (Å²) < 4.78 is 12.0. The molecule has 4 aromatic rings. The van der Waals surface area contributed by atoms with E-state index in [9.17, 15) is 9.59 Å². The number of nitrogens with zero attached hydrogens (tertiary/aromatic N) is 1. The van der Waals surface area contributed by atoms with Crippen molar-refractivity contribution in [1.82, 2.24) is 4.57 Å². The molecule has 3 aromatic carbocycles. The Hall–Kier alpha value is -3.05. The average Bonchev–Trinajstić information content (AvgIpc) is 2.70. The number of rotatable bonds is 6. The van der Waals surface area contributed by atoms with Crippen LogP contribution in [0.15, 0.2) is 74.7 Å². The highest BCUT2D eigenvalue weighted by atomic mass is 35.5. The maximum absolute atomic E-state index is 12.1. The molecule has 0 atom stereocenters. The molecule has 6 heteroatoms. The van der Waals surface area contributed by atoms with Gasteiger partial charge in [-0.05, 0) is 47.9 Å². The first-order chi connectivity index (χ1) is 13.6. The minimum absolute atomic E-state index is 0.305. The standard InChI is InChI=1S/C22H18ClNO4/c23-19-9-5-8-18-20(19)24(22(26)28-21(18)25)12-3-4-13-27-17-11-10-15-6-1-2-7-16(15)14-17/h1-2,5-11,14H,3-4,12-13H2. The molecule has 4 rings (SSSR count). The Labute approximate surface area is 165 Å². The van der Waals surface area contributed by atoms with Crippen molar-refractivity contribution >= 4 is 33.3 Å². The third kappa shape index (κ3) is 3.66. The van der Waals surface area contributed by atoms with E-state index in [1.807, 2.05) is 36.4 Å². The zero-order valence-electron chi connectivity index (χ0n) is 15.1. The van der Waals surface area contributed by atoms with Crippen LogP contribution >= 0.6 is 11.6 Å². The Morgan fingerprint density at radius 3 is 2.61 bits per heavy atom. The van der Waals surface area contributed by atoms with Crippen molar-refractivity contribution in [2.24, 2.45) is 0 Å². The molecule has 142 valence electrons. The Bertz CT molecular complexity index is 1260. The SMILES string of the molecule is O=c1oc(=O)n(CCCCOc2ccc3ccccc3c2)c2c(Cl)cccc12. The summed E-state index contributed by atoms with van der Waals surface area (Å²) in [5.74, 6) is 0.121. The van der Waals surface area contributed by atoms with E-state index < -0.39 is 11.4 Å². The Kier molecular flexibility index (Phi) is 5.17. The van der Waals surface area contributed by atoms with E-state index >= 15 is 0 Å². The van der Waals surface area contributed by atoms with Gasteiger partial charge in [0.15, 0.2) is 0 Å². The van der Waals surface area contributed by atoms with E-state index in [2.05, 4.69) is 6.07 Å². The molecule has 0 bridgehead atoms. The zero-order chi connectivity index (χ0) is 19.5. The predicted molar refractivity (Wildman–Crippen MR) is 110 cm³/mol. The molecule has 0 aliphatic carbocycles. The lowest BCUT2D eigenvalue weighted by molar-refractivity contribution is 0.301. The van der Waals surface area contributed by atoms with E-state index in [0.29, 0.717) is 35.5 Å². The number of aromatic nitrogens is 1. The summed E-state index contributed by atoms with van der Waals surface area (Å²) in [6, 6.07) is 19.0. The topological polar surface area (TPSA) is 61.4 Å². The number of fused-ring (bicyclic) bond motifs is 2.